The van der Waals surface area contributed by atoms with Gasteiger partial charge >= 0.3 is 0 Å². The summed E-state index contributed by atoms with van der Waals surface area (Å²) < 4.78 is 14.8. The third-order valence-corrected chi connectivity index (χ3v) is 7.57. The second kappa shape index (κ2) is 11.4. The van der Waals surface area contributed by atoms with Gasteiger partial charge < -0.3 is 9.88 Å². The van der Waals surface area contributed by atoms with Crippen LogP contribution in [0.15, 0.2) is 61.8 Å². The van der Waals surface area contributed by atoms with E-state index in [9.17, 15) is 4.39 Å². The van der Waals surface area contributed by atoms with E-state index in [1.54, 1.807) is 30.7 Å². The van der Waals surface area contributed by atoms with Gasteiger partial charge in [0.05, 0.1) is 11.0 Å². The molecule has 0 spiro atoms. The van der Waals surface area contributed by atoms with Gasteiger partial charge in [-0.1, -0.05) is 18.7 Å². The molecule has 6 rings (SSSR count). The van der Waals surface area contributed by atoms with Crippen LogP contribution in [0.5, 0.6) is 0 Å². The highest BCUT2D eigenvalue weighted by Gasteiger charge is 2.15. The summed E-state index contributed by atoms with van der Waals surface area (Å²) in [6.45, 7) is 9.60. The minimum Gasteiger partial charge on any atom is -0.338 e. The van der Waals surface area contributed by atoms with Gasteiger partial charge in [-0.05, 0) is 105 Å². The Morgan fingerprint density at radius 1 is 1.12 bits per heavy atom. The van der Waals surface area contributed by atoms with E-state index in [1.165, 1.54) is 32.3 Å². The number of H-pyrrole nitrogens is 2. The largest absolute Gasteiger partial charge is 0.338 e. The van der Waals surface area contributed by atoms with Crippen LogP contribution in [0.1, 0.15) is 37.3 Å². The molecule has 1 aliphatic heterocycles. The first-order valence-electron chi connectivity index (χ1n) is 13.8. The third kappa shape index (κ3) is 5.35. The van der Waals surface area contributed by atoms with E-state index in [-0.39, 0.29) is 5.82 Å². The van der Waals surface area contributed by atoms with Gasteiger partial charge in [0, 0.05) is 34.8 Å². The van der Waals surface area contributed by atoms with Gasteiger partial charge in [0.25, 0.3) is 0 Å². The van der Waals surface area contributed by atoms with Crippen LogP contribution in [0.25, 0.3) is 51.3 Å². The SMILES string of the molecule is C=C(/C=c1/c(-c2cc3c(-c4cc(F)cc(CCCN5CCCC5)c4)ccnc3[nH]2)n[nH]/c1=C/C)c1cncnc1. The van der Waals surface area contributed by atoms with Crippen molar-refractivity contribution in [3.8, 4) is 22.5 Å². The van der Waals surface area contributed by atoms with Crippen molar-refractivity contribution >= 4 is 28.8 Å². The molecule has 7 nitrogen and oxygen atoms in total. The van der Waals surface area contributed by atoms with Crippen molar-refractivity contribution in [2.45, 2.75) is 32.6 Å². The molecule has 2 N–H and O–H groups in total. The van der Waals surface area contributed by atoms with Gasteiger partial charge in [-0.2, -0.15) is 5.10 Å². The van der Waals surface area contributed by atoms with E-state index in [1.807, 2.05) is 31.2 Å². The summed E-state index contributed by atoms with van der Waals surface area (Å²) in [5, 5.41) is 10.4. The smallest absolute Gasteiger partial charge is 0.138 e. The minimum atomic E-state index is -0.217. The Labute approximate surface area is 232 Å². The van der Waals surface area contributed by atoms with E-state index in [0.29, 0.717) is 0 Å². The van der Waals surface area contributed by atoms with Crippen molar-refractivity contribution in [2.75, 3.05) is 19.6 Å². The maximum Gasteiger partial charge on any atom is 0.138 e. The topological polar surface area (TPSA) is 86.4 Å². The molecule has 1 aromatic carbocycles. The zero-order valence-electron chi connectivity index (χ0n) is 22.6. The van der Waals surface area contributed by atoms with Crippen molar-refractivity contribution in [3.05, 3.63) is 89.3 Å². The van der Waals surface area contributed by atoms with Crippen LogP contribution in [-0.4, -0.2) is 54.7 Å². The molecule has 1 fully saturated rings. The summed E-state index contributed by atoms with van der Waals surface area (Å²) in [5.41, 5.74) is 6.69. The number of aromatic nitrogens is 6. The first-order chi connectivity index (χ1) is 19.6. The fourth-order valence-corrected chi connectivity index (χ4v) is 5.53. The lowest BCUT2D eigenvalue weighted by atomic mass is 9.99. The maximum absolute atomic E-state index is 14.8. The zero-order chi connectivity index (χ0) is 27.5. The number of rotatable bonds is 8. The van der Waals surface area contributed by atoms with E-state index in [0.717, 1.165) is 80.2 Å². The first-order valence-corrected chi connectivity index (χ1v) is 13.8. The van der Waals surface area contributed by atoms with Gasteiger partial charge in [-0.3, -0.25) is 5.10 Å². The molecule has 1 aliphatic rings. The van der Waals surface area contributed by atoms with Gasteiger partial charge in [0.1, 0.15) is 23.5 Å². The highest BCUT2D eigenvalue weighted by molar-refractivity contribution is 5.96. The van der Waals surface area contributed by atoms with E-state index >= 15 is 0 Å². The minimum absolute atomic E-state index is 0.217. The Bertz CT molecular complexity index is 1780. The standard InChI is InChI=1S/C32H32FN7/c1-3-29-28(13-21(2)24-18-34-20-35-19-24)31(39-38-29)30-17-27-26(8-9-36-32(27)37-30)23-14-22(15-25(33)16-23)7-6-12-40-10-4-5-11-40/h3,8-9,13-20,38H,2,4-7,10-12H2,1H3,(H,36,37)/b28-13+,29-3+. The van der Waals surface area contributed by atoms with E-state index in [4.69, 9.17) is 0 Å². The predicted octanol–water partition coefficient (Wildman–Crippen LogP) is 4.87. The molecular formula is C32H32FN7. The summed E-state index contributed by atoms with van der Waals surface area (Å²) in [4.78, 5) is 18.7. The number of hydrogen-bond acceptors (Lipinski definition) is 5. The number of nitrogens with zero attached hydrogens (tertiary/aromatic N) is 5. The molecule has 5 heterocycles. The van der Waals surface area contributed by atoms with Crippen LogP contribution in [0.3, 0.4) is 0 Å². The number of aryl methyl sites for hydroxylation is 1. The Kier molecular flexibility index (Phi) is 7.33. The molecular weight excluding hydrogens is 501 g/mol. The fourth-order valence-electron chi connectivity index (χ4n) is 5.53. The quantitative estimate of drug-likeness (QED) is 0.297. The van der Waals surface area contributed by atoms with E-state index < -0.39 is 0 Å². The third-order valence-electron chi connectivity index (χ3n) is 7.57. The molecule has 0 amide bonds. The molecule has 1 saturated heterocycles. The van der Waals surface area contributed by atoms with Crippen molar-refractivity contribution in [1.29, 1.82) is 0 Å². The number of aromatic amines is 2. The summed E-state index contributed by atoms with van der Waals surface area (Å²) in [7, 11) is 0. The number of allylic oxidation sites excluding steroid dienone is 1. The first kappa shape index (κ1) is 25.8. The van der Waals surface area contributed by atoms with Crippen molar-refractivity contribution < 1.29 is 4.39 Å². The molecule has 0 unspecified atom stereocenters. The summed E-state index contributed by atoms with van der Waals surface area (Å²) >= 11 is 0. The number of benzene rings is 1. The van der Waals surface area contributed by atoms with Gasteiger partial charge in [-0.15, -0.1) is 0 Å². The molecule has 0 aliphatic carbocycles. The zero-order valence-corrected chi connectivity index (χ0v) is 22.6. The number of nitrogens with one attached hydrogen (secondary N) is 2. The van der Waals surface area contributed by atoms with Crippen LogP contribution in [0.2, 0.25) is 0 Å². The van der Waals surface area contributed by atoms with E-state index in [2.05, 4.69) is 47.7 Å². The van der Waals surface area contributed by atoms with Crippen molar-refractivity contribution in [2.24, 2.45) is 0 Å². The van der Waals surface area contributed by atoms with Crippen molar-refractivity contribution in [3.63, 3.8) is 0 Å². The Hall–Kier alpha value is -4.43. The lowest BCUT2D eigenvalue weighted by Gasteiger charge is -2.14. The molecule has 4 aromatic heterocycles. The predicted molar refractivity (Wildman–Crippen MR) is 158 cm³/mol. The molecule has 0 bridgehead atoms. The Morgan fingerprint density at radius 2 is 1.95 bits per heavy atom. The average Bonchev–Trinajstić information content (AvgIpc) is 3.73. The maximum atomic E-state index is 14.8. The second-order valence-corrected chi connectivity index (χ2v) is 10.3. The van der Waals surface area contributed by atoms with Gasteiger partial charge in [0.2, 0.25) is 0 Å². The van der Waals surface area contributed by atoms with Crippen LogP contribution in [0, 0.1) is 5.82 Å². The van der Waals surface area contributed by atoms with Crippen molar-refractivity contribution in [1.82, 2.24) is 35.0 Å². The summed E-state index contributed by atoms with van der Waals surface area (Å²) in [6, 6.07) is 9.36. The molecule has 5 aromatic rings. The second-order valence-electron chi connectivity index (χ2n) is 10.3. The van der Waals surface area contributed by atoms with Crippen LogP contribution >= 0.6 is 0 Å². The van der Waals surface area contributed by atoms with Crippen LogP contribution < -0.4 is 10.6 Å². The number of likely N-dealkylation sites (tertiary alicyclic amines) is 1. The molecule has 0 saturated carbocycles. The van der Waals surface area contributed by atoms with Gasteiger partial charge in [0.15, 0.2) is 0 Å². The molecule has 8 heteroatoms. The number of fused-ring (bicyclic) bond motifs is 1. The number of halogens is 1. The lowest BCUT2D eigenvalue weighted by Crippen LogP contribution is -2.23. The normalized spacial score (nSPS) is 14.9. The molecule has 40 heavy (non-hydrogen) atoms. The van der Waals surface area contributed by atoms with Crippen LogP contribution in [-0.2, 0) is 6.42 Å². The number of pyridine rings is 1. The highest BCUT2D eigenvalue weighted by atomic mass is 19.1. The fraction of sp³-hybridized carbons (Fsp3) is 0.250. The summed E-state index contributed by atoms with van der Waals surface area (Å²) in [6.07, 6.45) is 15.1. The molecule has 0 radical (unpaired) electrons. The number of hydrogen-bond donors (Lipinski definition) is 2. The van der Waals surface area contributed by atoms with Gasteiger partial charge in [-0.25, -0.2) is 19.3 Å². The molecule has 202 valence electrons. The monoisotopic (exact) mass is 533 g/mol. The Balaban J connectivity index is 1.35. The van der Waals surface area contributed by atoms with Crippen LogP contribution in [0.4, 0.5) is 4.39 Å². The average molecular weight is 534 g/mol. The molecule has 0 atom stereocenters. The summed E-state index contributed by atoms with van der Waals surface area (Å²) in [5.74, 6) is -0.217. The highest BCUT2D eigenvalue weighted by Crippen LogP contribution is 2.31. The Morgan fingerprint density at radius 3 is 2.75 bits per heavy atom. The lowest BCUT2D eigenvalue weighted by molar-refractivity contribution is 0.334.